The van der Waals surface area contributed by atoms with Gasteiger partial charge in [0.1, 0.15) is 11.6 Å². The quantitative estimate of drug-likeness (QED) is 0.539. The number of amides is 2. The maximum atomic E-state index is 13.1. The average Bonchev–Trinajstić information content (AvgIpc) is 3.19. The molecule has 3 aromatic rings. The number of hydrogen-bond donors (Lipinski definition) is 1. The summed E-state index contributed by atoms with van der Waals surface area (Å²) in [4.78, 5) is 31.3. The first-order valence-corrected chi connectivity index (χ1v) is 11.4. The smallest absolute Gasteiger partial charge is 0.254 e. The van der Waals surface area contributed by atoms with Gasteiger partial charge in [0, 0.05) is 30.8 Å². The molecule has 0 radical (unpaired) electrons. The van der Waals surface area contributed by atoms with Crippen molar-refractivity contribution in [1.29, 1.82) is 0 Å². The van der Waals surface area contributed by atoms with Crippen molar-refractivity contribution < 1.29 is 23.1 Å². The van der Waals surface area contributed by atoms with E-state index in [1.807, 2.05) is 0 Å². The van der Waals surface area contributed by atoms with Crippen molar-refractivity contribution >= 4 is 35.0 Å². The standard InChI is InChI=1S/C24H22Cl2FN3O4/c1-14-21(29-23(34-14)15-2-5-17(27)6-3-15)11-22(31)28-12-18-13-30(8-9-33-18)24(32)16-4-7-19(25)20(26)10-16/h2-7,10,18H,8-9,11-13H2,1H3,(H,28,31)/t18-/m0/s1. The van der Waals surface area contributed by atoms with E-state index in [0.717, 1.165) is 0 Å². The van der Waals surface area contributed by atoms with Gasteiger partial charge in [-0.2, -0.15) is 0 Å². The number of halogens is 3. The third-order valence-corrected chi connectivity index (χ3v) is 6.17. The molecule has 1 saturated heterocycles. The minimum atomic E-state index is -0.353. The molecule has 4 rings (SSSR count). The number of ether oxygens (including phenoxy) is 1. The second-order valence-corrected chi connectivity index (χ2v) is 8.70. The first kappa shape index (κ1) is 24.2. The Labute approximate surface area is 205 Å². The highest BCUT2D eigenvalue weighted by atomic mass is 35.5. The Hall–Kier alpha value is -2.94. The zero-order valence-corrected chi connectivity index (χ0v) is 19.8. The van der Waals surface area contributed by atoms with E-state index in [-0.39, 0.29) is 36.7 Å². The van der Waals surface area contributed by atoms with Gasteiger partial charge in [0.25, 0.3) is 5.91 Å². The van der Waals surface area contributed by atoms with Gasteiger partial charge in [0.2, 0.25) is 11.8 Å². The predicted octanol–water partition coefficient (Wildman–Crippen LogP) is 4.30. The molecule has 178 valence electrons. The Bertz CT molecular complexity index is 1200. The molecule has 2 aromatic carbocycles. The van der Waals surface area contributed by atoms with E-state index in [4.69, 9.17) is 32.4 Å². The van der Waals surface area contributed by atoms with Crippen molar-refractivity contribution in [2.75, 3.05) is 26.2 Å². The van der Waals surface area contributed by atoms with Crippen LogP contribution in [0.4, 0.5) is 4.39 Å². The topological polar surface area (TPSA) is 84.7 Å². The summed E-state index contributed by atoms with van der Waals surface area (Å²) < 4.78 is 24.5. The van der Waals surface area contributed by atoms with E-state index in [1.165, 1.54) is 12.1 Å². The van der Waals surface area contributed by atoms with Gasteiger partial charge in [-0.05, 0) is 49.4 Å². The maximum absolute atomic E-state index is 13.1. The Morgan fingerprint density at radius 2 is 1.94 bits per heavy atom. The van der Waals surface area contributed by atoms with Crippen LogP contribution in [-0.2, 0) is 16.0 Å². The van der Waals surface area contributed by atoms with Crippen LogP contribution in [-0.4, -0.2) is 54.0 Å². The molecule has 1 fully saturated rings. The molecule has 0 spiro atoms. The van der Waals surface area contributed by atoms with E-state index in [9.17, 15) is 14.0 Å². The summed E-state index contributed by atoms with van der Waals surface area (Å²) in [7, 11) is 0. The average molecular weight is 506 g/mol. The Morgan fingerprint density at radius 3 is 2.68 bits per heavy atom. The molecule has 1 aliphatic rings. The number of aryl methyl sites for hydroxylation is 1. The molecule has 0 bridgehead atoms. The fourth-order valence-electron chi connectivity index (χ4n) is 3.59. The normalized spacial score (nSPS) is 15.9. The van der Waals surface area contributed by atoms with Crippen LogP contribution >= 0.6 is 23.2 Å². The summed E-state index contributed by atoms with van der Waals surface area (Å²) in [5, 5.41) is 3.53. The Kier molecular flexibility index (Phi) is 7.50. The molecule has 10 heteroatoms. The molecule has 0 saturated carbocycles. The highest BCUT2D eigenvalue weighted by Crippen LogP contribution is 2.24. The summed E-state index contributed by atoms with van der Waals surface area (Å²) in [6.45, 7) is 3.09. The maximum Gasteiger partial charge on any atom is 0.254 e. The zero-order chi connectivity index (χ0) is 24.2. The van der Waals surface area contributed by atoms with Gasteiger partial charge < -0.3 is 19.4 Å². The highest BCUT2D eigenvalue weighted by Gasteiger charge is 2.26. The molecule has 0 unspecified atom stereocenters. The second kappa shape index (κ2) is 10.5. The van der Waals surface area contributed by atoms with Gasteiger partial charge in [0.15, 0.2) is 0 Å². The van der Waals surface area contributed by atoms with E-state index in [2.05, 4.69) is 10.3 Å². The monoisotopic (exact) mass is 505 g/mol. The number of oxazole rings is 1. The van der Waals surface area contributed by atoms with Crippen LogP contribution in [0.1, 0.15) is 21.8 Å². The third kappa shape index (κ3) is 5.75. The minimum Gasteiger partial charge on any atom is -0.441 e. The molecule has 1 aromatic heterocycles. The molecule has 7 nitrogen and oxygen atoms in total. The Morgan fingerprint density at radius 1 is 1.18 bits per heavy atom. The molecule has 34 heavy (non-hydrogen) atoms. The molecule has 1 N–H and O–H groups in total. The summed E-state index contributed by atoms with van der Waals surface area (Å²) >= 11 is 12.0. The Balaban J connectivity index is 1.31. The van der Waals surface area contributed by atoms with Crippen molar-refractivity contribution in [2.45, 2.75) is 19.4 Å². The first-order valence-electron chi connectivity index (χ1n) is 10.6. The van der Waals surface area contributed by atoms with Crippen LogP contribution in [0.3, 0.4) is 0 Å². The van der Waals surface area contributed by atoms with E-state index in [0.29, 0.717) is 58.2 Å². The molecule has 1 atom stereocenters. The lowest BCUT2D eigenvalue weighted by Gasteiger charge is -2.33. The minimum absolute atomic E-state index is 0.0230. The molecule has 0 aliphatic carbocycles. The summed E-state index contributed by atoms with van der Waals surface area (Å²) in [6, 6.07) is 10.5. The van der Waals surface area contributed by atoms with Gasteiger partial charge in [-0.3, -0.25) is 9.59 Å². The van der Waals surface area contributed by atoms with Gasteiger partial charge in [-0.25, -0.2) is 9.37 Å². The van der Waals surface area contributed by atoms with E-state index in [1.54, 1.807) is 42.2 Å². The lowest BCUT2D eigenvalue weighted by Crippen LogP contribution is -2.49. The fraction of sp³-hybridized carbons (Fsp3) is 0.292. The molecule has 2 heterocycles. The number of carbonyl (C=O) groups excluding carboxylic acids is 2. The fourth-order valence-corrected chi connectivity index (χ4v) is 3.89. The second-order valence-electron chi connectivity index (χ2n) is 7.88. The number of nitrogens with zero attached hydrogens (tertiary/aromatic N) is 2. The lowest BCUT2D eigenvalue weighted by atomic mass is 10.1. The summed E-state index contributed by atoms with van der Waals surface area (Å²) in [6.07, 6.45) is -0.326. The zero-order valence-electron chi connectivity index (χ0n) is 18.3. The van der Waals surface area contributed by atoms with Crippen molar-refractivity contribution in [3.8, 4) is 11.5 Å². The number of rotatable bonds is 6. The van der Waals surface area contributed by atoms with Crippen LogP contribution in [0.5, 0.6) is 0 Å². The number of hydrogen-bond acceptors (Lipinski definition) is 5. The lowest BCUT2D eigenvalue weighted by molar-refractivity contribution is -0.121. The van der Waals surface area contributed by atoms with Crippen molar-refractivity contribution in [2.24, 2.45) is 0 Å². The van der Waals surface area contributed by atoms with Crippen LogP contribution in [0.15, 0.2) is 46.9 Å². The van der Waals surface area contributed by atoms with E-state index < -0.39 is 0 Å². The molecular weight excluding hydrogens is 484 g/mol. The molecule has 2 amide bonds. The van der Waals surface area contributed by atoms with Crippen molar-refractivity contribution in [3.05, 3.63) is 75.3 Å². The molecular formula is C24H22Cl2FN3O4. The van der Waals surface area contributed by atoms with Gasteiger partial charge in [-0.15, -0.1) is 0 Å². The van der Waals surface area contributed by atoms with Crippen LogP contribution in [0, 0.1) is 12.7 Å². The molecule has 1 aliphatic heterocycles. The number of morpholine rings is 1. The van der Waals surface area contributed by atoms with Gasteiger partial charge >= 0.3 is 0 Å². The SMILES string of the molecule is Cc1oc(-c2ccc(F)cc2)nc1CC(=O)NC[C@H]1CN(C(=O)c2ccc(Cl)c(Cl)c2)CCO1. The largest absolute Gasteiger partial charge is 0.441 e. The summed E-state index contributed by atoms with van der Waals surface area (Å²) in [5.74, 6) is 0.0614. The number of carbonyl (C=O) groups is 2. The van der Waals surface area contributed by atoms with Crippen molar-refractivity contribution in [1.82, 2.24) is 15.2 Å². The predicted molar refractivity (Wildman–Crippen MR) is 125 cm³/mol. The van der Waals surface area contributed by atoms with Crippen molar-refractivity contribution in [3.63, 3.8) is 0 Å². The van der Waals surface area contributed by atoms with Crippen LogP contribution in [0.25, 0.3) is 11.5 Å². The van der Waals surface area contributed by atoms with Crippen LogP contribution < -0.4 is 5.32 Å². The number of aromatic nitrogens is 1. The summed E-state index contributed by atoms with van der Waals surface area (Å²) in [5.41, 5.74) is 1.56. The highest BCUT2D eigenvalue weighted by molar-refractivity contribution is 6.42. The number of benzene rings is 2. The van der Waals surface area contributed by atoms with Gasteiger partial charge in [-0.1, -0.05) is 23.2 Å². The number of nitrogens with one attached hydrogen (secondary N) is 1. The van der Waals surface area contributed by atoms with Gasteiger partial charge in [0.05, 0.1) is 34.9 Å². The third-order valence-electron chi connectivity index (χ3n) is 5.43. The van der Waals surface area contributed by atoms with E-state index >= 15 is 0 Å². The van der Waals surface area contributed by atoms with Crippen LogP contribution in [0.2, 0.25) is 10.0 Å². The first-order chi connectivity index (χ1) is 16.3.